The zero-order valence-electron chi connectivity index (χ0n) is 22.7. The lowest BCUT2D eigenvalue weighted by atomic mass is 9.84. The lowest BCUT2D eigenvalue weighted by Gasteiger charge is -2.25. The number of guanidine groups is 1. The molecule has 0 aromatic heterocycles. The van der Waals surface area contributed by atoms with Gasteiger partial charge in [0.2, 0.25) is 0 Å². The first-order valence-electron chi connectivity index (χ1n) is 13.3. The summed E-state index contributed by atoms with van der Waals surface area (Å²) in [5.41, 5.74) is 3.21. The lowest BCUT2D eigenvalue weighted by Crippen LogP contribution is -2.34. The Morgan fingerprint density at radius 1 is 1.02 bits per heavy atom. The van der Waals surface area contributed by atoms with E-state index in [2.05, 4.69) is 38.1 Å². The van der Waals surface area contributed by atoms with E-state index < -0.39 is 16.9 Å². The number of hydrogen-bond acceptors (Lipinski definition) is 7. The minimum atomic E-state index is -0.511. The number of benzene rings is 3. The molecule has 1 fully saturated rings. The summed E-state index contributed by atoms with van der Waals surface area (Å²) in [7, 11) is 1.43. The molecule has 0 radical (unpaired) electrons. The second-order valence-electron chi connectivity index (χ2n) is 9.65. The number of nitrogens with zero attached hydrogens (tertiary/aromatic N) is 5. The molecule has 0 heterocycles. The van der Waals surface area contributed by atoms with Crippen LogP contribution in [0.1, 0.15) is 59.5 Å². The highest BCUT2D eigenvalue weighted by Gasteiger charge is 2.20. The SMILES string of the molecule is CN=NC(=NN)NC(=O)c1ccc(CN(C(=O)Nc2cccc([N+](=O)[O-])c2)c2ccc(C3CCCCC3)cc2)cc1. The summed E-state index contributed by atoms with van der Waals surface area (Å²) in [4.78, 5) is 38.3. The molecular weight excluding hydrogens is 524 g/mol. The highest BCUT2D eigenvalue weighted by Crippen LogP contribution is 2.33. The minimum absolute atomic E-state index is 0.122. The van der Waals surface area contributed by atoms with E-state index >= 15 is 0 Å². The number of hydrazone groups is 1. The molecule has 4 N–H and O–H groups in total. The van der Waals surface area contributed by atoms with Crippen molar-refractivity contribution >= 4 is 35.0 Å². The van der Waals surface area contributed by atoms with Gasteiger partial charge in [-0.3, -0.25) is 25.1 Å². The third-order valence-corrected chi connectivity index (χ3v) is 6.93. The summed E-state index contributed by atoms with van der Waals surface area (Å²) in [6.45, 7) is 0.186. The van der Waals surface area contributed by atoms with E-state index in [0.29, 0.717) is 22.9 Å². The van der Waals surface area contributed by atoms with Crippen LogP contribution in [0.2, 0.25) is 0 Å². The van der Waals surface area contributed by atoms with Crippen LogP contribution in [0, 0.1) is 10.1 Å². The van der Waals surface area contributed by atoms with Gasteiger partial charge in [-0.25, -0.2) is 4.79 Å². The van der Waals surface area contributed by atoms with Gasteiger partial charge in [0.1, 0.15) is 0 Å². The Labute approximate surface area is 237 Å². The molecule has 4 rings (SSSR count). The molecule has 3 aromatic carbocycles. The Morgan fingerprint density at radius 3 is 2.37 bits per heavy atom. The van der Waals surface area contributed by atoms with Gasteiger partial charge < -0.3 is 11.2 Å². The Balaban J connectivity index is 1.56. The van der Waals surface area contributed by atoms with E-state index in [1.165, 1.54) is 50.1 Å². The molecule has 3 aromatic rings. The molecule has 1 aliphatic carbocycles. The van der Waals surface area contributed by atoms with Gasteiger partial charge in [-0.2, -0.15) is 5.11 Å². The standard InChI is InChI=1S/C29H32N8O4/c1-31-35-28(34-30)33-27(38)23-12-10-20(11-13-23)19-36(29(39)32-24-8-5-9-26(18-24)37(40)41)25-16-14-22(15-17-25)21-6-3-2-4-7-21/h5,8-18,21H,2-4,6-7,19,30H2,1H3,(H,32,39)(H,33,34,38). The van der Waals surface area contributed by atoms with Crippen molar-refractivity contribution in [3.05, 3.63) is 99.6 Å². The van der Waals surface area contributed by atoms with Crippen LogP contribution >= 0.6 is 0 Å². The van der Waals surface area contributed by atoms with Crippen LogP contribution in [0.4, 0.5) is 21.9 Å². The number of non-ortho nitro benzene ring substituents is 1. The molecule has 0 saturated heterocycles. The zero-order chi connectivity index (χ0) is 29.2. The third kappa shape index (κ3) is 7.72. The van der Waals surface area contributed by atoms with E-state index in [9.17, 15) is 19.7 Å². The van der Waals surface area contributed by atoms with E-state index in [4.69, 9.17) is 5.84 Å². The molecule has 0 spiro atoms. The highest BCUT2D eigenvalue weighted by molar-refractivity contribution is 6.06. The molecule has 1 aliphatic rings. The zero-order valence-corrected chi connectivity index (χ0v) is 22.7. The monoisotopic (exact) mass is 556 g/mol. The van der Waals surface area contributed by atoms with Crippen molar-refractivity contribution < 1.29 is 14.5 Å². The summed E-state index contributed by atoms with van der Waals surface area (Å²) in [5.74, 6) is 5.15. The van der Waals surface area contributed by atoms with E-state index in [-0.39, 0.29) is 18.2 Å². The Hall–Kier alpha value is -5.13. The number of nitro benzene ring substituents is 1. The molecule has 0 atom stereocenters. The first-order chi connectivity index (χ1) is 19.9. The van der Waals surface area contributed by atoms with Gasteiger partial charge in [0.05, 0.1) is 11.5 Å². The van der Waals surface area contributed by atoms with Gasteiger partial charge >= 0.3 is 6.03 Å². The maximum atomic E-state index is 13.5. The van der Waals surface area contributed by atoms with E-state index in [1.54, 1.807) is 35.2 Å². The highest BCUT2D eigenvalue weighted by atomic mass is 16.6. The van der Waals surface area contributed by atoms with Crippen LogP contribution in [0.25, 0.3) is 0 Å². The number of rotatable bonds is 7. The fourth-order valence-corrected chi connectivity index (χ4v) is 4.83. The molecule has 1 saturated carbocycles. The fraction of sp³-hybridized carbons (Fsp3) is 0.276. The minimum Gasteiger partial charge on any atom is -0.320 e. The predicted octanol–water partition coefficient (Wildman–Crippen LogP) is 5.92. The molecule has 0 unspecified atom stereocenters. The van der Waals surface area contributed by atoms with Crippen molar-refractivity contribution in [3.8, 4) is 0 Å². The summed E-state index contributed by atoms with van der Waals surface area (Å²) < 4.78 is 0. The number of amides is 3. The van der Waals surface area contributed by atoms with Crippen LogP contribution in [0.15, 0.2) is 88.1 Å². The second kappa shape index (κ2) is 13.8. The molecular formula is C29H32N8O4. The number of anilines is 2. The molecule has 0 aliphatic heterocycles. The topological polar surface area (TPSA) is 168 Å². The number of urea groups is 1. The Bertz CT molecular complexity index is 1430. The predicted molar refractivity (Wildman–Crippen MR) is 157 cm³/mol. The number of nitrogens with one attached hydrogen (secondary N) is 2. The largest absolute Gasteiger partial charge is 0.326 e. The maximum absolute atomic E-state index is 13.5. The van der Waals surface area contributed by atoms with Crippen molar-refractivity contribution in [2.24, 2.45) is 21.2 Å². The van der Waals surface area contributed by atoms with Crippen LogP contribution in [-0.4, -0.2) is 29.9 Å². The molecule has 12 nitrogen and oxygen atoms in total. The Kier molecular flexibility index (Phi) is 9.71. The van der Waals surface area contributed by atoms with Gasteiger partial charge in [0.15, 0.2) is 0 Å². The van der Waals surface area contributed by atoms with Crippen molar-refractivity contribution in [2.45, 2.75) is 44.6 Å². The second-order valence-corrected chi connectivity index (χ2v) is 9.65. The first-order valence-corrected chi connectivity index (χ1v) is 13.3. The summed E-state index contributed by atoms with van der Waals surface area (Å²) in [6.07, 6.45) is 6.04. The van der Waals surface area contributed by atoms with E-state index in [0.717, 1.165) is 18.4 Å². The number of carbonyl (C=O) groups is 2. The number of nitro groups is 1. The van der Waals surface area contributed by atoms with Crippen LogP contribution in [0.5, 0.6) is 0 Å². The van der Waals surface area contributed by atoms with Crippen LogP contribution in [-0.2, 0) is 6.54 Å². The molecule has 41 heavy (non-hydrogen) atoms. The molecule has 0 bridgehead atoms. The number of hydrogen-bond donors (Lipinski definition) is 3. The van der Waals surface area contributed by atoms with Crippen LogP contribution < -0.4 is 21.4 Å². The van der Waals surface area contributed by atoms with Crippen molar-refractivity contribution in [1.29, 1.82) is 0 Å². The smallest absolute Gasteiger partial charge is 0.320 e. The quantitative estimate of drug-likeness (QED) is 0.0818. The van der Waals surface area contributed by atoms with Gasteiger partial charge in [-0.05, 0) is 60.2 Å². The summed E-state index contributed by atoms with van der Waals surface area (Å²) in [6, 6.07) is 20.0. The normalized spacial score (nSPS) is 14.0. The van der Waals surface area contributed by atoms with Gasteiger partial charge in [-0.1, -0.05) is 49.6 Å². The number of carbonyl (C=O) groups excluding carboxylic acids is 2. The molecule has 212 valence electrons. The van der Waals surface area contributed by atoms with Crippen molar-refractivity contribution in [3.63, 3.8) is 0 Å². The maximum Gasteiger partial charge on any atom is 0.326 e. The van der Waals surface area contributed by atoms with E-state index in [1.807, 2.05) is 12.1 Å². The fourth-order valence-electron chi connectivity index (χ4n) is 4.83. The first kappa shape index (κ1) is 28.9. The molecule has 3 amide bonds. The van der Waals surface area contributed by atoms with Gasteiger partial charge in [-0.15, -0.1) is 10.2 Å². The number of nitrogens with two attached hydrogens (primary N) is 1. The Morgan fingerprint density at radius 2 is 1.73 bits per heavy atom. The van der Waals surface area contributed by atoms with Crippen molar-refractivity contribution in [2.75, 3.05) is 17.3 Å². The summed E-state index contributed by atoms with van der Waals surface area (Å²) >= 11 is 0. The average Bonchev–Trinajstić information content (AvgIpc) is 3.00. The molecule has 12 heteroatoms. The average molecular weight is 557 g/mol. The van der Waals surface area contributed by atoms with Crippen molar-refractivity contribution in [1.82, 2.24) is 5.32 Å². The number of azo groups is 1. The van der Waals surface area contributed by atoms with Gasteiger partial charge in [0, 0.05) is 36.1 Å². The van der Waals surface area contributed by atoms with Gasteiger partial charge in [0.25, 0.3) is 17.6 Å². The third-order valence-electron chi connectivity index (χ3n) is 6.93. The van der Waals surface area contributed by atoms with Crippen LogP contribution in [0.3, 0.4) is 0 Å². The summed E-state index contributed by atoms with van der Waals surface area (Å²) in [5, 5.41) is 27.0. The lowest BCUT2D eigenvalue weighted by molar-refractivity contribution is -0.384.